The van der Waals surface area contributed by atoms with E-state index in [1.807, 2.05) is 0 Å². The third kappa shape index (κ3) is 3.21. The van der Waals surface area contributed by atoms with E-state index in [2.05, 4.69) is 10.3 Å². The van der Waals surface area contributed by atoms with E-state index in [-0.39, 0.29) is 16.9 Å². The summed E-state index contributed by atoms with van der Waals surface area (Å²) in [4.78, 5) is 30.3. The molecule has 1 heterocycles. The first kappa shape index (κ1) is 12.5. The first-order chi connectivity index (χ1) is 7.40. The number of hydrogen-bond donors (Lipinski definition) is 2. The molecule has 1 aliphatic rings. The summed E-state index contributed by atoms with van der Waals surface area (Å²) < 4.78 is 0. The van der Waals surface area contributed by atoms with Crippen LogP contribution in [0.15, 0.2) is 16.9 Å². The van der Waals surface area contributed by atoms with Gasteiger partial charge in [-0.05, 0) is 0 Å². The zero-order chi connectivity index (χ0) is 12.3. The van der Waals surface area contributed by atoms with Crippen molar-refractivity contribution in [2.24, 2.45) is 10.7 Å². The van der Waals surface area contributed by atoms with Gasteiger partial charge >= 0.3 is 5.97 Å². The molecule has 1 aliphatic heterocycles. The van der Waals surface area contributed by atoms with E-state index in [0.717, 1.165) is 5.06 Å². The van der Waals surface area contributed by atoms with Crippen molar-refractivity contribution in [3.05, 3.63) is 11.9 Å². The maximum absolute atomic E-state index is 10.9. The van der Waals surface area contributed by atoms with E-state index in [9.17, 15) is 9.59 Å². The van der Waals surface area contributed by atoms with Crippen LogP contribution in [0.3, 0.4) is 0 Å². The molecule has 0 bridgehead atoms. The van der Waals surface area contributed by atoms with E-state index in [4.69, 9.17) is 22.2 Å². The van der Waals surface area contributed by atoms with E-state index >= 15 is 0 Å². The lowest BCUT2D eigenvalue weighted by atomic mass is 10.4. The van der Waals surface area contributed by atoms with E-state index in [0.29, 0.717) is 0 Å². The highest BCUT2D eigenvalue weighted by Gasteiger charge is 2.25. The minimum Gasteiger partial charge on any atom is -0.336 e. The van der Waals surface area contributed by atoms with Crippen LogP contribution < -0.4 is 11.1 Å². The Hall–Kier alpha value is -1.60. The zero-order valence-corrected chi connectivity index (χ0v) is 9.49. The predicted molar refractivity (Wildman–Crippen MR) is 56.8 cm³/mol. The summed E-state index contributed by atoms with van der Waals surface area (Å²) in [6.07, 6.45) is 0.346. The fourth-order valence-electron chi connectivity index (χ4n) is 1.05. The normalized spacial score (nSPS) is 19.8. The van der Waals surface area contributed by atoms with Crippen molar-refractivity contribution in [1.29, 1.82) is 0 Å². The Labute approximate surface area is 96.8 Å². The highest BCUT2D eigenvalue weighted by Crippen LogP contribution is 2.13. The molecule has 1 atom stereocenters. The predicted octanol–water partition coefficient (Wildman–Crippen LogP) is -0.363. The number of halogens is 1. The Bertz CT molecular complexity index is 379. The number of nitrogens with two attached hydrogens (primary N) is 1. The van der Waals surface area contributed by atoms with Crippen LogP contribution in [0.4, 0.5) is 0 Å². The summed E-state index contributed by atoms with van der Waals surface area (Å²) in [6, 6.07) is 0. The summed E-state index contributed by atoms with van der Waals surface area (Å²) in [6.45, 7) is 2.51. The Kier molecular flexibility index (Phi) is 3.86. The van der Waals surface area contributed by atoms with Gasteiger partial charge in [-0.25, -0.2) is 4.99 Å². The Morgan fingerprint density at radius 2 is 2.25 bits per heavy atom. The van der Waals surface area contributed by atoms with Crippen molar-refractivity contribution in [3.8, 4) is 0 Å². The lowest BCUT2D eigenvalue weighted by Gasteiger charge is -2.30. The molecule has 0 aromatic heterocycles. The van der Waals surface area contributed by atoms with Crippen molar-refractivity contribution < 1.29 is 14.4 Å². The number of carbonyl (C=O) groups is 2. The highest BCUT2D eigenvalue weighted by molar-refractivity contribution is 6.68. The molecule has 0 fully saturated rings. The summed E-state index contributed by atoms with van der Waals surface area (Å²) in [5.74, 6) is -0.767. The van der Waals surface area contributed by atoms with Crippen molar-refractivity contribution in [3.63, 3.8) is 0 Å². The maximum Gasteiger partial charge on any atom is 0.329 e. The second kappa shape index (κ2) is 4.95. The molecule has 1 amide bonds. The van der Waals surface area contributed by atoms with Crippen LogP contribution in [-0.4, -0.2) is 28.4 Å². The van der Waals surface area contributed by atoms with Gasteiger partial charge < -0.3 is 10.2 Å². The van der Waals surface area contributed by atoms with Gasteiger partial charge in [0.2, 0.25) is 12.2 Å². The summed E-state index contributed by atoms with van der Waals surface area (Å²) >= 11 is 5.67. The molecule has 1 rings (SSSR count). The number of nitrogens with zero attached hydrogens (tertiary/aromatic N) is 2. The summed E-state index contributed by atoms with van der Waals surface area (Å²) in [5, 5.41) is 3.50. The molecule has 0 aromatic rings. The summed E-state index contributed by atoms with van der Waals surface area (Å²) in [7, 11) is 0. The van der Waals surface area contributed by atoms with Gasteiger partial charge in [-0.2, -0.15) is 0 Å². The highest BCUT2D eigenvalue weighted by atomic mass is 35.5. The van der Waals surface area contributed by atoms with Gasteiger partial charge in [0, 0.05) is 19.9 Å². The van der Waals surface area contributed by atoms with Crippen molar-refractivity contribution >= 4 is 28.6 Å². The van der Waals surface area contributed by atoms with Crippen molar-refractivity contribution in [2.45, 2.75) is 20.1 Å². The number of hydroxylamine groups is 2. The summed E-state index contributed by atoms with van der Waals surface area (Å²) in [5.41, 5.74) is 5.57. The van der Waals surface area contributed by atoms with Crippen LogP contribution in [0.5, 0.6) is 0 Å². The molecule has 0 saturated heterocycles. The largest absolute Gasteiger partial charge is 0.336 e. The van der Waals surface area contributed by atoms with Crippen molar-refractivity contribution in [2.75, 3.05) is 0 Å². The molecule has 7 nitrogen and oxygen atoms in total. The van der Waals surface area contributed by atoms with Crippen LogP contribution in [-0.2, 0) is 14.4 Å². The zero-order valence-electron chi connectivity index (χ0n) is 8.73. The molecule has 0 aliphatic carbocycles. The Balaban J connectivity index is 2.91. The number of rotatable bonds is 2. The molecule has 1 unspecified atom stereocenters. The third-order valence-corrected chi connectivity index (χ3v) is 1.73. The van der Waals surface area contributed by atoms with Crippen LogP contribution in [0.1, 0.15) is 13.8 Å². The van der Waals surface area contributed by atoms with Gasteiger partial charge in [0.05, 0.1) is 0 Å². The quantitative estimate of drug-likeness (QED) is 0.693. The minimum atomic E-state index is -0.983. The van der Waals surface area contributed by atoms with Crippen LogP contribution >= 0.6 is 11.6 Å². The fourth-order valence-corrected chi connectivity index (χ4v) is 1.25. The maximum atomic E-state index is 10.9. The second-order valence-corrected chi connectivity index (χ2v) is 3.37. The molecular formula is C8H11ClN4O3. The van der Waals surface area contributed by atoms with Gasteiger partial charge in [-0.1, -0.05) is 11.6 Å². The van der Waals surface area contributed by atoms with Gasteiger partial charge in [-0.3, -0.25) is 15.3 Å². The Morgan fingerprint density at radius 3 is 2.75 bits per heavy atom. The van der Waals surface area contributed by atoms with Crippen LogP contribution in [0.2, 0.25) is 0 Å². The Morgan fingerprint density at radius 1 is 1.62 bits per heavy atom. The molecule has 0 radical (unpaired) electrons. The molecule has 3 N–H and O–H groups in total. The molecule has 88 valence electrons. The first-order valence-corrected chi connectivity index (χ1v) is 4.74. The number of nitrogens with one attached hydrogen (secondary N) is 1. The number of amides is 1. The lowest BCUT2D eigenvalue weighted by Crippen LogP contribution is -2.47. The number of allylic oxidation sites excluding steroid dienone is 1. The average Bonchev–Trinajstić information content (AvgIpc) is 2.09. The smallest absolute Gasteiger partial charge is 0.329 e. The molecule has 0 aromatic carbocycles. The molecule has 16 heavy (non-hydrogen) atoms. The van der Waals surface area contributed by atoms with Gasteiger partial charge in [0.1, 0.15) is 5.17 Å². The van der Waals surface area contributed by atoms with Gasteiger partial charge in [0.25, 0.3) is 0 Å². The van der Waals surface area contributed by atoms with Crippen LogP contribution in [0.25, 0.3) is 0 Å². The monoisotopic (exact) mass is 246 g/mol. The molecular weight excluding hydrogens is 236 g/mol. The second-order valence-electron chi connectivity index (χ2n) is 2.98. The fraction of sp³-hybridized carbons (Fsp3) is 0.375. The number of carbonyl (C=O) groups excluding carboxylic acids is 2. The average molecular weight is 247 g/mol. The number of aliphatic imine (C=N–C) groups is 1. The van der Waals surface area contributed by atoms with Crippen molar-refractivity contribution in [1.82, 2.24) is 10.4 Å². The molecule has 0 spiro atoms. The van der Waals surface area contributed by atoms with E-state index in [1.54, 1.807) is 0 Å². The van der Waals surface area contributed by atoms with Crippen LogP contribution in [0, 0.1) is 0 Å². The minimum absolute atomic E-state index is 0.111. The first-order valence-electron chi connectivity index (χ1n) is 4.36. The standard InChI is InChI=1S/C8H11ClN4O3/c1-4(14)11-7-3-6(9)12-8(10)13(7)16-5(2)15/h3,8H,10H2,1-2H3,(H,11,14). The SMILES string of the molecule is CC(=O)NC1=CC(Cl)=NC(N)N1OC(C)=O. The molecule has 8 heteroatoms. The molecule has 0 saturated carbocycles. The lowest BCUT2D eigenvalue weighted by molar-refractivity contribution is -0.189. The topological polar surface area (TPSA) is 97.0 Å². The van der Waals surface area contributed by atoms with E-state index in [1.165, 1.54) is 19.9 Å². The number of hydrogen-bond acceptors (Lipinski definition) is 6. The third-order valence-electron chi connectivity index (χ3n) is 1.52. The van der Waals surface area contributed by atoms with Gasteiger partial charge in [-0.15, -0.1) is 5.06 Å². The van der Waals surface area contributed by atoms with Gasteiger partial charge in [0.15, 0.2) is 5.82 Å². The van der Waals surface area contributed by atoms with E-state index < -0.39 is 12.3 Å².